The summed E-state index contributed by atoms with van der Waals surface area (Å²) in [4.78, 5) is 26.1. The van der Waals surface area contributed by atoms with E-state index in [2.05, 4.69) is 10.3 Å². The normalized spacial score (nSPS) is 15.8. The number of nitrogens with one attached hydrogen (secondary N) is 2. The first-order valence-electron chi connectivity index (χ1n) is 6.93. The molecule has 1 amide bonds. The minimum atomic E-state index is -0.349. The number of carbonyl (C=O) groups excluding carboxylic acids is 1. The fourth-order valence-corrected chi connectivity index (χ4v) is 2.36. The Bertz CT molecular complexity index is 506. The zero-order valence-electron chi connectivity index (χ0n) is 11.4. The quantitative estimate of drug-likeness (QED) is 0.740. The Kier molecular flexibility index (Phi) is 5.17. The van der Waals surface area contributed by atoms with Gasteiger partial charge in [-0.2, -0.15) is 0 Å². The van der Waals surface area contributed by atoms with E-state index in [1.807, 2.05) is 0 Å². The molecule has 1 heterocycles. The van der Waals surface area contributed by atoms with Crippen LogP contribution in [0.1, 0.15) is 37.8 Å². The molecule has 3 N–H and O–H groups in total. The molecular formula is C14H20N2O4. The molecule has 1 aromatic rings. The summed E-state index contributed by atoms with van der Waals surface area (Å²) in [5.41, 5.74) is 0.0623. The van der Waals surface area contributed by atoms with Crippen molar-refractivity contribution < 1.29 is 14.6 Å². The molecule has 0 radical (unpaired) electrons. The Hall–Kier alpha value is -1.82. The molecule has 1 aliphatic rings. The Labute approximate surface area is 117 Å². The van der Waals surface area contributed by atoms with Crippen LogP contribution in [0.5, 0.6) is 5.75 Å². The molecule has 0 bridgehead atoms. The lowest BCUT2D eigenvalue weighted by Crippen LogP contribution is -2.39. The molecule has 1 saturated carbocycles. The number of ether oxygens (including phenoxy) is 1. The van der Waals surface area contributed by atoms with Gasteiger partial charge in [-0.3, -0.25) is 9.59 Å². The van der Waals surface area contributed by atoms with E-state index < -0.39 is 0 Å². The van der Waals surface area contributed by atoms with E-state index in [-0.39, 0.29) is 36.3 Å². The van der Waals surface area contributed by atoms with Crippen molar-refractivity contribution in [3.8, 4) is 5.75 Å². The van der Waals surface area contributed by atoms with E-state index in [9.17, 15) is 9.59 Å². The average molecular weight is 280 g/mol. The largest absolute Gasteiger partial charge is 0.478 e. The van der Waals surface area contributed by atoms with Crippen LogP contribution in [0.25, 0.3) is 0 Å². The number of amides is 1. The van der Waals surface area contributed by atoms with Crippen LogP contribution in [0.2, 0.25) is 0 Å². The standard InChI is InChI=1S/C14H20N2O4/c17-8-11-6-12(18)13(7-15-11)20-9-14(19)16-10-4-2-1-3-5-10/h6-7,10,17H,1-5,8-9H2,(H,15,18)(H,16,19). The highest BCUT2D eigenvalue weighted by atomic mass is 16.5. The maximum atomic E-state index is 11.7. The Morgan fingerprint density at radius 2 is 2.15 bits per heavy atom. The van der Waals surface area contributed by atoms with Gasteiger partial charge in [0.05, 0.1) is 6.61 Å². The van der Waals surface area contributed by atoms with E-state index >= 15 is 0 Å². The monoisotopic (exact) mass is 280 g/mol. The molecule has 6 heteroatoms. The molecule has 0 aliphatic heterocycles. The molecule has 20 heavy (non-hydrogen) atoms. The first kappa shape index (κ1) is 14.6. The third-order valence-corrected chi connectivity index (χ3v) is 3.44. The third-order valence-electron chi connectivity index (χ3n) is 3.44. The van der Waals surface area contributed by atoms with E-state index in [4.69, 9.17) is 9.84 Å². The first-order chi connectivity index (χ1) is 9.69. The lowest BCUT2D eigenvalue weighted by Gasteiger charge is -2.22. The predicted molar refractivity (Wildman–Crippen MR) is 73.5 cm³/mol. The highest BCUT2D eigenvalue weighted by molar-refractivity contribution is 5.77. The Morgan fingerprint density at radius 3 is 2.80 bits per heavy atom. The SMILES string of the molecule is O=C(COc1c[nH]c(CO)cc1=O)NC1CCCCC1. The summed E-state index contributed by atoms with van der Waals surface area (Å²) in [6.45, 7) is -0.407. The van der Waals surface area contributed by atoms with Crippen LogP contribution in [0.3, 0.4) is 0 Å². The third kappa shape index (κ3) is 4.09. The number of H-pyrrole nitrogens is 1. The van der Waals surface area contributed by atoms with Crippen molar-refractivity contribution in [1.82, 2.24) is 10.3 Å². The van der Waals surface area contributed by atoms with Crippen LogP contribution in [0.15, 0.2) is 17.1 Å². The van der Waals surface area contributed by atoms with Gasteiger partial charge in [-0.05, 0) is 12.8 Å². The van der Waals surface area contributed by atoms with Crippen LogP contribution in [-0.2, 0) is 11.4 Å². The second kappa shape index (κ2) is 7.09. The molecule has 1 aliphatic carbocycles. The zero-order valence-corrected chi connectivity index (χ0v) is 11.4. The molecule has 6 nitrogen and oxygen atoms in total. The van der Waals surface area contributed by atoms with Crippen molar-refractivity contribution in [2.24, 2.45) is 0 Å². The van der Waals surface area contributed by atoms with E-state index in [0.29, 0.717) is 5.69 Å². The van der Waals surface area contributed by atoms with Gasteiger partial charge in [0.1, 0.15) is 0 Å². The number of hydrogen-bond acceptors (Lipinski definition) is 4. The minimum Gasteiger partial charge on any atom is -0.478 e. The number of hydrogen-bond donors (Lipinski definition) is 3. The summed E-state index contributed by atoms with van der Waals surface area (Å²) in [6, 6.07) is 1.49. The van der Waals surface area contributed by atoms with Gasteiger partial charge in [-0.15, -0.1) is 0 Å². The summed E-state index contributed by atoms with van der Waals surface area (Å²) in [5.74, 6) is -0.122. The molecule has 0 spiro atoms. The van der Waals surface area contributed by atoms with Crippen LogP contribution >= 0.6 is 0 Å². The van der Waals surface area contributed by atoms with E-state index in [1.54, 1.807) is 0 Å². The van der Waals surface area contributed by atoms with Crippen LogP contribution in [0, 0.1) is 0 Å². The van der Waals surface area contributed by atoms with Crippen molar-refractivity contribution >= 4 is 5.91 Å². The molecule has 1 aromatic heterocycles. The Balaban J connectivity index is 1.82. The summed E-state index contributed by atoms with van der Waals surface area (Å²) in [5, 5.41) is 11.8. The molecule has 1 fully saturated rings. The number of rotatable bonds is 5. The lowest BCUT2D eigenvalue weighted by atomic mass is 9.95. The average Bonchev–Trinajstić information content (AvgIpc) is 2.47. The molecule has 2 rings (SSSR count). The second-order valence-electron chi connectivity index (χ2n) is 5.04. The fraction of sp³-hybridized carbons (Fsp3) is 0.571. The van der Waals surface area contributed by atoms with Crippen LogP contribution in [-0.4, -0.2) is 28.6 Å². The highest BCUT2D eigenvalue weighted by Crippen LogP contribution is 2.17. The summed E-state index contributed by atoms with van der Waals surface area (Å²) in [6.07, 6.45) is 6.91. The predicted octanol–water partition coefficient (Wildman–Crippen LogP) is 0.695. The second-order valence-corrected chi connectivity index (χ2v) is 5.04. The molecule has 110 valence electrons. The van der Waals surface area contributed by atoms with Gasteiger partial charge in [0.2, 0.25) is 5.43 Å². The maximum absolute atomic E-state index is 11.7. The summed E-state index contributed by atoms with van der Waals surface area (Å²) >= 11 is 0. The minimum absolute atomic E-state index is 0.0843. The van der Waals surface area contributed by atoms with E-state index in [0.717, 1.165) is 25.7 Å². The van der Waals surface area contributed by atoms with Gasteiger partial charge >= 0.3 is 0 Å². The zero-order chi connectivity index (χ0) is 14.4. The van der Waals surface area contributed by atoms with Crippen molar-refractivity contribution in [3.05, 3.63) is 28.2 Å². The summed E-state index contributed by atoms with van der Waals surface area (Å²) < 4.78 is 5.20. The number of carbonyl (C=O) groups is 1. The van der Waals surface area contributed by atoms with Gasteiger partial charge < -0.3 is 20.1 Å². The Morgan fingerprint density at radius 1 is 1.40 bits per heavy atom. The van der Waals surface area contributed by atoms with Crippen molar-refractivity contribution in [2.75, 3.05) is 6.61 Å². The van der Waals surface area contributed by atoms with Gasteiger partial charge in [0, 0.05) is 24.0 Å². The van der Waals surface area contributed by atoms with Gasteiger partial charge in [0.15, 0.2) is 12.4 Å². The van der Waals surface area contributed by atoms with Crippen molar-refractivity contribution in [2.45, 2.75) is 44.8 Å². The van der Waals surface area contributed by atoms with Gasteiger partial charge in [-0.25, -0.2) is 0 Å². The smallest absolute Gasteiger partial charge is 0.258 e. The van der Waals surface area contributed by atoms with Crippen molar-refractivity contribution in [3.63, 3.8) is 0 Å². The first-order valence-corrected chi connectivity index (χ1v) is 6.93. The number of aliphatic hydroxyl groups is 1. The van der Waals surface area contributed by atoms with Gasteiger partial charge in [0.25, 0.3) is 5.91 Å². The summed E-state index contributed by atoms with van der Waals surface area (Å²) in [7, 11) is 0. The number of aliphatic hydroxyl groups excluding tert-OH is 1. The molecule has 0 atom stereocenters. The van der Waals surface area contributed by atoms with Crippen LogP contribution in [0.4, 0.5) is 0 Å². The molecule has 0 unspecified atom stereocenters. The van der Waals surface area contributed by atoms with Crippen LogP contribution < -0.4 is 15.5 Å². The number of pyridine rings is 1. The topological polar surface area (TPSA) is 91.4 Å². The fourth-order valence-electron chi connectivity index (χ4n) is 2.36. The molecule has 0 saturated heterocycles. The van der Waals surface area contributed by atoms with E-state index in [1.165, 1.54) is 18.7 Å². The molecule has 0 aromatic carbocycles. The maximum Gasteiger partial charge on any atom is 0.258 e. The molecular weight excluding hydrogens is 260 g/mol. The number of aromatic nitrogens is 1. The van der Waals surface area contributed by atoms with Gasteiger partial charge in [-0.1, -0.05) is 19.3 Å². The highest BCUT2D eigenvalue weighted by Gasteiger charge is 2.16. The number of aromatic amines is 1. The lowest BCUT2D eigenvalue weighted by molar-refractivity contribution is -0.124. The van der Waals surface area contributed by atoms with Crippen molar-refractivity contribution in [1.29, 1.82) is 0 Å².